The highest BCUT2D eigenvalue weighted by Gasteiger charge is 2.39. The largest absolute Gasteiger partial charge is 0.494 e. The van der Waals surface area contributed by atoms with Crippen molar-refractivity contribution in [1.82, 2.24) is 0 Å². The Balaban J connectivity index is 1.83. The Morgan fingerprint density at radius 2 is 2.26 bits per heavy atom. The third-order valence-electron chi connectivity index (χ3n) is 4.09. The summed E-state index contributed by atoms with van der Waals surface area (Å²) in [7, 11) is 0. The average molecular weight is 265 g/mol. The topological polar surface area (TPSA) is 75.7 Å². The van der Waals surface area contributed by atoms with Crippen LogP contribution in [0.3, 0.4) is 0 Å². The summed E-state index contributed by atoms with van der Waals surface area (Å²) in [5.41, 5.74) is 5.81. The van der Waals surface area contributed by atoms with Crippen molar-refractivity contribution >= 4 is 0 Å². The van der Waals surface area contributed by atoms with Crippen LogP contribution in [0.4, 0.5) is 0 Å². The minimum Gasteiger partial charge on any atom is -0.494 e. The van der Waals surface area contributed by atoms with E-state index in [1.807, 2.05) is 24.3 Å². The predicted molar refractivity (Wildman–Crippen MR) is 73.8 cm³/mol. The second kappa shape index (κ2) is 6.37. The molecule has 0 bridgehead atoms. The Morgan fingerprint density at radius 3 is 3.00 bits per heavy atom. The molecule has 0 saturated heterocycles. The van der Waals surface area contributed by atoms with Gasteiger partial charge in [0.05, 0.1) is 18.8 Å². The highest BCUT2D eigenvalue weighted by Crippen LogP contribution is 2.37. The first-order chi connectivity index (χ1) is 9.18. The molecular weight excluding hydrogens is 242 g/mol. The highest BCUT2D eigenvalue weighted by atomic mass is 16.5. The second-order valence-corrected chi connectivity index (χ2v) is 5.34. The van der Waals surface area contributed by atoms with Gasteiger partial charge in [-0.2, -0.15) is 0 Å². The summed E-state index contributed by atoms with van der Waals surface area (Å²) in [6.45, 7) is 0.923. The fourth-order valence-corrected chi connectivity index (χ4v) is 2.86. The first-order valence-corrected chi connectivity index (χ1v) is 6.93. The molecule has 106 valence electrons. The fraction of sp³-hybridized carbons (Fsp3) is 0.600. The molecule has 4 nitrogen and oxygen atoms in total. The molecule has 4 heteroatoms. The maximum atomic E-state index is 10.3. The van der Waals surface area contributed by atoms with E-state index >= 15 is 0 Å². The fourth-order valence-electron chi connectivity index (χ4n) is 2.86. The van der Waals surface area contributed by atoms with Crippen LogP contribution in [0.2, 0.25) is 0 Å². The van der Waals surface area contributed by atoms with Crippen LogP contribution in [0.1, 0.15) is 31.2 Å². The number of hydrogen-bond acceptors (Lipinski definition) is 4. The summed E-state index contributed by atoms with van der Waals surface area (Å²) < 4.78 is 5.69. The van der Waals surface area contributed by atoms with Crippen molar-refractivity contribution in [3.8, 4) is 5.75 Å². The SMILES string of the molecule is NCC1(O)CCCC1CCOc1cccc(CO)c1. The molecule has 1 saturated carbocycles. The summed E-state index contributed by atoms with van der Waals surface area (Å²) in [4.78, 5) is 0. The van der Waals surface area contributed by atoms with Crippen LogP contribution in [-0.4, -0.2) is 29.0 Å². The maximum absolute atomic E-state index is 10.3. The molecule has 0 amide bonds. The molecule has 0 radical (unpaired) electrons. The Hall–Kier alpha value is -1.10. The Kier molecular flexibility index (Phi) is 4.80. The zero-order valence-corrected chi connectivity index (χ0v) is 11.2. The number of aliphatic hydroxyl groups is 2. The summed E-state index contributed by atoms with van der Waals surface area (Å²) in [5.74, 6) is 0.999. The summed E-state index contributed by atoms with van der Waals surface area (Å²) in [6.07, 6.45) is 3.68. The van der Waals surface area contributed by atoms with E-state index in [4.69, 9.17) is 15.6 Å². The van der Waals surface area contributed by atoms with Gasteiger partial charge >= 0.3 is 0 Å². The van der Waals surface area contributed by atoms with Crippen molar-refractivity contribution in [2.45, 2.75) is 37.9 Å². The van der Waals surface area contributed by atoms with Gasteiger partial charge in [0, 0.05) is 6.54 Å². The van der Waals surface area contributed by atoms with Crippen molar-refractivity contribution in [1.29, 1.82) is 0 Å². The summed E-state index contributed by atoms with van der Waals surface area (Å²) >= 11 is 0. The number of benzene rings is 1. The molecule has 0 heterocycles. The summed E-state index contributed by atoms with van der Waals surface area (Å²) in [6, 6.07) is 7.44. The van der Waals surface area contributed by atoms with Gasteiger partial charge in [-0.25, -0.2) is 0 Å². The van der Waals surface area contributed by atoms with Crippen molar-refractivity contribution in [3.05, 3.63) is 29.8 Å². The smallest absolute Gasteiger partial charge is 0.119 e. The standard InChI is InChI=1S/C15H23NO3/c16-11-15(18)7-2-4-13(15)6-8-19-14-5-1-3-12(9-14)10-17/h1,3,5,9,13,17-18H,2,4,6-8,10-11,16H2. The van der Waals surface area contributed by atoms with Gasteiger partial charge in [-0.1, -0.05) is 18.6 Å². The zero-order valence-electron chi connectivity index (χ0n) is 11.2. The quantitative estimate of drug-likeness (QED) is 0.727. The Labute approximate surface area is 114 Å². The lowest BCUT2D eigenvalue weighted by molar-refractivity contribution is 0.00354. The van der Waals surface area contributed by atoms with Gasteiger partial charge in [-0.3, -0.25) is 0 Å². The molecule has 1 aromatic carbocycles. The second-order valence-electron chi connectivity index (χ2n) is 5.34. The van der Waals surface area contributed by atoms with Crippen molar-refractivity contribution in [2.24, 2.45) is 11.7 Å². The predicted octanol–water partition coefficient (Wildman–Crippen LogP) is 1.44. The lowest BCUT2D eigenvalue weighted by Gasteiger charge is -2.28. The molecular formula is C15H23NO3. The molecule has 0 aromatic heterocycles. The molecule has 1 aliphatic rings. The number of ether oxygens (including phenoxy) is 1. The van der Waals surface area contributed by atoms with E-state index in [1.165, 1.54) is 0 Å². The maximum Gasteiger partial charge on any atom is 0.119 e. The molecule has 19 heavy (non-hydrogen) atoms. The number of hydrogen-bond donors (Lipinski definition) is 3. The first kappa shape index (κ1) is 14.3. The molecule has 2 atom stereocenters. The molecule has 0 aliphatic heterocycles. The lowest BCUT2D eigenvalue weighted by atomic mass is 9.88. The minimum absolute atomic E-state index is 0.0206. The van der Waals surface area contributed by atoms with Crippen LogP contribution < -0.4 is 10.5 Å². The van der Waals surface area contributed by atoms with E-state index in [0.29, 0.717) is 13.2 Å². The molecule has 2 unspecified atom stereocenters. The zero-order chi connectivity index (χ0) is 13.7. The van der Waals surface area contributed by atoms with Gasteiger partial charge < -0.3 is 20.7 Å². The van der Waals surface area contributed by atoms with Crippen molar-refractivity contribution in [2.75, 3.05) is 13.2 Å². The van der Waals surface area contributed by atoms with Crippen molar-refractivity contribution < 1.29 is 14.9 Å². The van der Waals surface area contributed by atoms with Crippen LogP contribution >= 0.6 is 0 Å². The van der Waals surface area contributed by atoms with E-state index in [9.17, 15) is 5.11 Å². The Bertz CT molecular complexity index is 410. The van der Waals surface area contributed by atoms with Crippen LogP contribution in [0.25, 0.3) is 0 Å². The van der Waals surface area contributed by atoms with Gasteiger partial charge in [-0.15, -0.1) is 0 Å². The van der Waals surface area contributed by atoms with E-state index < -0.39 is 5.60 Å². The average Bonchev–Trinajstić information content (AvgIpc) is 2.81. The molecule has 1 fully saturated rings. The monoisotopic (exact) mass is 265 g/mol. The van der Waals surface area contributed by atoms with Crippen molar-refractivity contribution in [3.63, 3.8) is 0 Å². The van der Waals surface area contributed by atoms with Gasteiger partial charge in [0.1, 0.15) is 5.75 Å². The third-order valence-corrected chi connectivity index (χ3v) is 4.09. The van der Waals surface area contributed by atoms with Crippen LogP contribution in [0.15, 0.2) is 24.3 Å². The lowest BCUT2D eigenvalue weighted by Crippen LogP contribution is -2.41. The molecule has 2 rings (SSSR count). The minimum atomic E-state index is -0.698. The highest BCUT2D eigenvalue weighted by molar-refractivity contribution is 5.27. The number of aliphatic hydroxyl groups excluding tert-OH is 1. The van der Waals surface area contributed by atoms with E-state index in [2.05, 4.69) is 0 Å². The molecule has 0 spiro atoms. The molecule has 1 aliphatic carbocycles. The van der Waals surface area contributed by atoms with Crippen LogP contribution in [0, 0.1) is 5.92 Å². The van der Waals surface area contributed by atoms with Gasteiger partial charge in [0.25, 0.3) is 0 Å². The number of nitrogens with two attached hydrogens (primary N) is 1. The molecule has 4 N–H and O–H groups in total. The van der Waals surface area contributed by atoms with Gasteiger partial charge in [0.15, 0.2) is 0 Å². The van der Waals surface area contributed by atoms with Gasteiger partial charge in [0.2, 0.25) is 0 Å². The van der Waals surface area contributed by atoms with Crippen LogP contribution in [0.5, 0.6) is 5.75 Å². The number of rotatable bonds is 6. The first-order valence-electron chi connectivity index (χ1n) is 6.93. The van der Waals surface area contributed by atoms with E-state index in [-0.39, 0.29) is 12.5 Å². The van der Waals surface area contributed by atoms with E-state index in [0.717, 1.165) is 37.0 Å². The van der Waals surface area contributed by atoms with E-state index in [1.54, 1.807) is 0 Å². The molecule has 1 aromatic rings. The van der Waals surface area contributed by atoms with Gasteiger partial charge in [-0.05, 0) is 42.9 Å². The Morgan fingerprint density at radius 1 is 1.42 bits per heavy atom. The van der Waals surface area contributed by atoms with Crippen LogP contribution in [-0.2, 0) is 6.61 Å². The normalized spacial score (nSPS) is 26.6. The summed E-state index contributed by atoms with van der Waals surface area (Å²) in [5, 5.41) is 19.4. The third kappa shape index (κ3) is 3.47.